The first kappa shape index (κ1) is 21.3. The van der Waals surface area contributed by atoms with Gasteiger partial charge in [-0.3, -0.25) is 4.98 Å². The van der Waals surface area contributed by atoms with Crippen molar-refractivity contribution in [3.8, 4) is 0 Å². The van der Waals surface area contributed by atoms with E-state index >= 15 is 0 Å². The normalized spacial score (nSPS) is 11.2. The molecule has 31 heavy (non-hydrogen) atoms. The minimum Gasteiger partial charge on any atom is -0.369 e. The molecule has 0 saturated heterocycles. The minimum absolute atomic E-state index is 0.317. The molecule has 4 nitrogen and oxygen atoms in total. The van der Waals surface area contributed by atoms with Crippen LogP contribution in [0.3, 0.4) is 0 Å². The van der Waals surface area contributed by atoms with Gasteiger partial charge in [-0.25, -0.2) is 4.98 Å². The maximum atomic E-state index is 6.08. The van der Waals surface area contributed by atoms with Crippen molar-refractivity contribution in [1.82, 2.24) is 14.5 Å². The molecule has 0 aliphatic rings. The number of ether oxygens (including phenoxy) is 1. The highest BCUT2D eigenvalue weighted by Gasteiger charge is 2.21. The first-order valence-corrected chi connectivity index (χ1v) is 11.3. The van der Waals surface area contributed by atoms with Gasteiger partial charge < -0.3 is 9.30 Å². The maximum absolute atomic E-state index is 6.08. The van der Waals surface area contributed by atoms with E-state index in [0.29, 0.717) is 19.1 Å². The smallest absolute Gasteiger partial charge is 0.136 e. The highest BCUT2D eigenvalue weighted by Crippen LogP contribution is 2.35. The van der Waals surface area contributed by atoms with Crippen molar-refractivity contribution >= 4 is 11.8 Å². The summed E-state index contributed by atoms with van der Waals surface area (Å²) in [6, 6.07) is 24.9. The number of pyridine rings is 1. The topological polar surface area (TPSA) is 39.9 Å². The lowest BCUT2D eigenvalue weighted by atomic mass is 10.1. The quantitative estimate of drug-likeness (QED) is 0.312. The molecule has 0 aliphatic heterocycles. The van der Waals surface area contributed by atoms with Crippen LogP contribution in [0.15, 0.2) is 95.1 Å². The molecule has 2 aromatic carbocycles. The fourth-order valence-corrected chi connectivity index (χ4v) is 4.55. The first-order chi connectivity index (χ1) is 15.2. The van der Waals surface area contributed by atoms with Crippen LogP contribution in [0.25, 0.3) is 0 Å². The van der Waals surface area contributed by atoms with Crippen molar-refractivity contribution in [3.63, 3.8) is 0 Å². The molecule has 0 unspecified atom stereocenters. The number of nitrogens with zero attached hydrogens (tertiary/aromatic N) is 3. The molecule has 4 aromatic rings. The van der Waals surface area contributed by atoms with Gasteiger partial charge in [0.1, 0.15) is 17.5 Å². The number of imidazole rings is 1. The van der Waals surface area contributed by atoms with Gasteiger partial charge in [0.15, 0.2) is 0 Å². The monoisotopic (exact) mass is 429 g/mol. The Morgan fingerprint density at radius 2 is 1.52 bits per heavy atom. The summed E-state index contributed by atoms with van der Waals surface area (Å²) in [6.07, 6.45) is 3.68. The first-order valence-electron chi connectivity index (χ1n) is 10.5. The number of benzene rings is 2. The Labute approximate surface area is 188 Å². The van der Waals surface area contributed by atoms with Crippen LogP contribution in [0, 0.1) is 0 Å². The minimum atomic E-state index is 0.317. The predicted molar refractivity (Wildman–Crippen MR) is 125 cm³/mol. The van der Waals surface area contributed by atoms with Crippen molar-refractivity contribution in [2.24, 2.45) is 0 Å². The van der Waals surface area contributed by atoms with Gasteiger partial charge in [-0.15, -0.1) is 0 Å². The van der Waals surface area contributed by atoms with Gasteiger partial charge in [0, 0.05) is 17.3 Å². The van der Waals surface area contributed by atoms with E-state index < -0.39 is 0 Å². The molecular weight excluding hydrogens is 402 g/mol. The second-order valence-electron chi connectivity index (χ2n) is 7.71. The van der Waals surface area contributed by atoms with Crippen molar-refractivity contribution in [3.05, 3.63) is 108 Å². The van der Waals surface area contributed by atoms with E-state index in [9.17, 15) is 0 Å². The van der Waals surface area contributed by atoms with Gasteiger partial charge in [-0.05, 0) is 41.3 Å². The van der Waals surface area contributed by atoms with E-state index in [1.807, 2.05) is 36.7 Å². The van der Waals surface area contributed by atoms with Gasteiger partial charge in [0.25, 0.3) is 0 Å². The van der Waals surface area contributed by atoms with Crippen molar-refractivity contribution in [1.29, 1.82) is 0 Å². The van der Waals surface area contributed by atoms with Gasteiger partial charge in [-0.2, -0.15) is 0 Å². The Balaban J connectivity index is 1.65. The SMILES string of the molecule is CC(C)c1nc(COCc2ccccc2)n(Cc2ccncc2)c1Sc1ccccc1. The van der Waals surface area contributed by atoms with Crippen LogP contribution in [0.2, 0.25) is 0 Å². The predicted octanol–water partition coefficient (Wildman–Crippen LogP) is 6.32. The zero-order valence-electron chi connectivity index (χ0n) is 17.9. The summed E-state index contributed by atoms with van der Waals surface area (Å²) in [6.45, 7) is 6.17. The zero-order chi connectivity index (χ0) is 21.5. The van der Waals surface area contributed by atoms with Crippen LogP contribution in [0.5, 0.6) is 0 Å². The number of aromatic nitrogens is 3. The number of rotatable bonds is 9. The lowest BCUT2D eigenvalue weighted by Crippen LogP contribution is -2.08. The number of hydrogen-bond acceptors (Lipinski definition) is 4. The molecule has 0 N–H and O–H groups in total. The van der Waals surface area contributed by atoms with Crippen LogP contribution in [-0.2, 0) is 24.5 Å². The molecule has 2 heterocycles. The second-order valence-corrected chi connectivity index (χ2v) is 8.77. The summed E-state index contributed by atoms with van der Waals surface area (Å²) in [5.41, 5.74) is 3.47. The van der Waals surface area contributed by atoms with Crippen molar-refractivity contribution < 1.29 is 4.74 Å². The van der Waals surface area contributed by atoms with Crippen LogP contribution in [-0.4, -0.2) is 14.5 Å². The van der Waals surface area contributed by atoms with E-state index in [1.54, 1.807) is 11.8 Å². The second kappa shape index (κ2) is 10.4. The fourth-order valence-electron chi connectivity index (χ4n) is 3.36. The molecule has 158 valence electrons. The summed E-state index contributed by atoms with van der Waals surface area (Å²) in [4.78, 5) is 10.4. The average molecular weight is 430 g/mol. The Morgan fingerprint density at radius 3 is 2.19 bits per heavy atom. The molecule has 0 aliphatic carbocycles. The summed E-state index contributed by atoms with van der Waals surface area (Å²) >= 11 is 1.77. The number of hydrogen-bond donors (Lipinski definition) is 0. The van der Waals surface area contributed by atoms with Gasteiger partial charge >= 0.3 is 0 Å². The van der Waals surface area contributed by atoms with E-state index in [4.69, 9.17) is 9.72 Å². The molecule has 0 spiro atoms. The van der Waals surface area contributed by atoms with Crippen LogP contribution < -0.4 is 0 Å². The molecule has 0 saturated carbocycles. The largest absolute Gasteiger partial charge is 0.369 e. The summed E-state index contributed by atoms with van der Waals surface area (Å²) in [7, 11) is 0. The molecule has 0 fully saturated rings. The fraction of sp³-hybridized carbons (Fsp3) is 0.231. The molecule has 0 radical (unpaired) electrons. The molecule has 0 bridgehead atoms. The third-order valence-electron chi connectivity index (χ3n) is 4.96. The van der Waals surface area contributed by atoms with Crippen LogP contribution in [0.4, 0.5) is 0 Å². The van der Waals surface area contributed by atoms with Crippen molar-refractivity contribution in [2.75, 3.05) is 0 Å². The van der Waals surface area contributed by atoms with Gasteiger partial charge in [-0.1, -0.05) is 74.1 Å². The Bertz CT molecular complexity index is 1080. The lowest BCUT2D eigenvalue weighted by molar-refractivity contribution is 0.0991. The molecule has 5 heteroatoms. The van der Waals surface area contributed by atoms with Crippen LogP contribution in [0.1, 0.15) is 42.4 Å². The van der Waals surface area contributed by atoms with Gasteiger partial charge in [0.05, 0.1) is 18.8 Å². The van der Waals surface area contributed by atoms with E-state index in [2.05, 4.69) is 71.9 Å². The Hall–Kier alpha value is -2.89. The lowest BCUT2D eigenvalue weighted by Gasteiger charge is -2.14. The molecule has 2 aromatic heterocycles. The summed E-state index contributed by atoms with van der Waals surface area (Å²) in [5.74, 6) is 1.27. The van der Waals surface area contributed by atoms with Gasteiger partial charge in [0.2, 0.25) is 0 Å². The summed E-state index contributed by atoms with van der Waals surface area (Å²) in [5, 5.41) is 1.18. The van der Waals surface area contributed by atoms with E-state index in [1.165, 1.54) is 15.5 Å². The third kappa shape index (κ3) is 5.63. The average Bonchev–Trinajstić information content (AvgIpc) is 3.13. The third-order valence-corrected chi connectivity index (χ3v) is 6.09. The Morgan fingerprint density at radius 1 is 0.839 bits per heavy atom. The highest BCUT2D eigenvalue weighted by atomic mass is 32.2. The summed E-state index contributed by atoms with van der Waals surface area (Å²) < 4.78 is 8.38. The molecular formula is C26H27N3OS. The molecule has 0 atom stereocenters. The van der Waals surface area contributed by atoms with E-state index in [-0.39, 0.29) is 0 Å². The highest BCUT2D eigenvalue weighted by molar-refractivity contribution is 7.99. The standard InChI is InChI=1S/C26H27N3OS/c1-20(2)25-26(31-23-11-7-4-8-12-23)29(17-21-13-15-27-16-14-21)24(28-25)19-30-18-22-9-5-3-6-10-22/h3-16,20H,17-19H2,1-2H3. The molecule has 0 amide bonds. The zero-order valence-corrected chi connectivity index (χ0v) is 18.8. The van der Waals surface area contributed by atoms with Crippen molar-refractivity contribution in [2.45, 2.75) is 49.4 Å². The maximum Gasteiger partial charge on any atom is 0.136 e. The Kier molecular flexibility index (Phi) is 7.18. The van der Waals surface area contributed by atoms with Crippen LogP contribution >= 0.6 is 11.8 Å². The van der Waals surface area contributed by atoms with E-state index in [0.717, 1.165) is 23.6 Å². The molecule has 4 rings (SSSR count).